The van der Waals surface area contributed by atoms with Crippen LogP contribution in [0.1, 0.15) is 26.5 Å². The Kier molecular flexibility index (Phi) is 5.55. The molecular formula is C23H22N2O4S. The van der Waals surface area contributed by atoms with Crippen molar-refractivity contribution in [3.8, 4) is 17.0 Å². The van der Waals surface area contributed by atoms with E-state index in [0.29, 0.717) is 17.9 Å². The number of esters is 1. The second-order valence-corrected chi connectivity index (χ2v) is 8.23. The van der Waals surface area contributed by atoms with Crippen LogP contribution in [-0.2, 0) is 16.0 Å². The number of rotatable bonds is 5. The summed E-state index contributed by atoms with van der Waals surface area (Å²) in [6, 6.07) is 11.3. The second kappa shape index (κ2) is 8.28. The van der Waals surface area contributed by atoms with Gasteiger partial charge in [0.25, 0.3) is 5.91 Å². The van der Waals surface area contributed by atoms with Gasteiger partial charge in [-0.25, -0.2) is 9.78 Å². The van der Waals surface area contributed by atoms with E-state index in [0.717, 1.165) is 39.5 Å². The first kappa shape index (κ1) is 20.1. The molecule has 7 heteroatoms. The van der Waals surface area contributed by atoms with Crippen LogP contribution in [0.5, 0.6) is 5.75 Å². The highest BCUT2D eigenvalue weighted by Gasteiger charge is 2.26. The number of fused-ring (bicyclic) bond motifs is 1. The van der Waals surface area contributed by atoms with Crippen LogP contribution in [0.4, 0.5) is 5.69 Å². The monoisotopic (exact) mass is 422 g/mol. The number of anilines is 1. The Bertz CT molecular complexity index is 1120. The lowest BCUT2D eigenvalue weighted by Gasteiger charge is -2.18. The average Bonchev–Trinajstić information content (AvgIpc) is 3.37. The summed E-state index contributed by atoms with van der Waals surface area (Å²) in [6.45, 7) is 4.11. The lowest BCUT2D eigenvalue weighted by atomic mass is 10.1. The number of methoxy groups -OCH3 is 1. The van der Waals surface area contributed by atoms with Crippen LogP contribution in [0.25, 0.3) is 11.3 Å². The zero-order valence-corrected chi connectivity index (χ0v) is 17.9. The number of carbonyl (C=O) groups excluding carboxylic acids is 2. The Morgan fingerprint density at radius 3 is 2.73 bits per heavy atom. The highest BCUT2D eigenvalue weighted by atomic mass is 32.1. The van der Waals surface area contributed by atoms with Crippen molar-refractivity contribution in [3.63, 3.8) is 0 Å². The summed E-state index contributed by atoms with van der Waals surface area (Å²) < 4.78 is 10.5. The summed E-state index contributed by atoms with van der Waals surface area (Å²) in [4.78, 5) is 31.4. The normalized spacial score (nSPS) is 12.6. The Balaban J connectivity index is 1.45. The molecule has 0 fully saturated rings. The van der Waals surface area contributed by atoms with Gasteiger partial charge in [-0.2, -0.15) is 0 Å². The van der Waals surface area contributed by atoms with Crippen LogP contribution >= 0.6 is 11.3 Å². The predicted molar refractivity (Wildman–Crippen MR) is 116 cm³/mol. The van der Waals surface area contributed by atoms with Gasteiger partial charge in [0.05, 0.1) is 17.8 Å². The zero-order valence-electron chi connectivity index (χ0n) is 17.1. The smallest absolute Gasteiger partial charge is 0.342 e. The number of carbonyl (C=O) groups is 2. The molecule has 1 aliphatic heterocycles. The van der Waals surface area contributed by atoms with Gasteiger partial charge in [0.2, 0.25) is 0 Å². The SMILES string of the molecule is COc1ccc(C)cc1C(=O)OCC(=O)N1CCc2cc(-c3csc(C)n3)ccc21. The first-order valence-corrected chi connectivity index (χ1v) is 10.5. The van der Waals surface area contributed by atoms with Crippen LogP contribution < -0.4 is 9.64 Å². The Morgan fingerprint density at radius 2 is 2.00 bits per heavy atom. The number of nitrogens with zero attached hydrogens (tertiary/aromatic N) is 2. The van der Waals surface area contributed by atoms with E-state index in [9.17, 15) is 9.59 Å². The van der Waals surface area contributed by atoms with Gasteiger partial charge in [-0.05, 0) is 50.1 Å². The van der Waals surface area contributed by atoms with E-state index in [1.807, 2.05) is 37.4 Å². The topological polar surface area (TPSA) is 68.7 Å². The third-order valence-corrected chi connectivity index (χ3v) is 5.87. The van der Waals surface area contributed by atoms with Crippen molar-refractivity contribution in [2.45, 2.75) is 20.3 Å². The summed E-state index contributed by atoms with van der Waals surface area (Å²) in [5.41, 5.74) is 5.18. The molecule has 0 spiro atoms. The van der Waals surface area contributed by atoms with Crippen molar-refractivity contribution in [3.05, 3.63) is 63.5 Å². The number of amides is 1. The van der Waals surface area contributed by atoms with Crippen molar-refractivity contribution in [2.75, 3.05) is 25.2 Å². The standard InChI is InChI=1S/C23H22N2O4S/c1-14-4-7-21(28-3)18(10-14)23(27)29-12-22(26)25-9-8-17-11-16(5-6-20(17)25)19-13-30-15(2)24-19/h4-7,10-11,13H,8-9,12H2,1-3H3. The predicted octanol–water partition coefficient (Wildman–Crippen LogP) is 4.18. The van der Waals surface area contributed by atoms with Gasteiger partial charge < -0.3 is 14.4 Å². The van der Waals surface area contributed by atoms with Gasteiger partial charge in [-0.1, -0.05) is 17.7 Å². The molecule has 0 atom stereocenters. The minimum absolute atomic E-state index is 0.244. The molecule has 1 aliphatic rings. The molecule has 0 unspecified atom stereocenters. The summed E-state index contributed by atoms with van der Waals surface area (Å²) in [5, 5.41) is 3.06. The van der Waals surface area contributed by atoms with E-state index in [-0.39, 0.29) is 12.5 Å². The Morgan fingerprint density at radius 1 is 1.17 bits per heavy atom. The summed E-state index contributed by atoms with van der Waals surface area (Å²) in [5.74, 6) is -0.391. The van der Waals surface area contributed by atoms with Crippen LogP contribution in [0.2, 0.25) is 0 Å². The van der Waals surface area contributed by atoms with Crippen molar-refractivity contribution >= 4 is 28.9 Å². The van der Waals surface area contributed by atoms with E-state index in [1.165, 1.54) is 7.11 Å². The molecule has 2 heterocycles. The maximum atomic E-state index is 12.7. The minimum Gasteiger partial charge on any atom is -0.496 e. The number of aryl methyl sites for hydroxylation is 2. The van der Waals surface area contributed by atoms with Crippen molar-refractivity contribution < 1.29 is 19.1 Å². The van der Waals surface area contributed by atoms with Gasteiger partial charge in [0, 0.05) is 23.2 Å². The molecule has 2 aromatic carbocycles. The van der Waals surface area contributed by atoms with E-state index >= 15 is 0 Å². The van der Waals surface area contributed by atoms with Gasteiger partial charge in [0.15, 0.2) is 6.61 Å². The first-order valence-electron chi connectivity index (χ1n) is 9.64. The number of hydrogen-bond donors (Lipinski definition) is 0. The van der Waals surface area contributed by atoms with Gasteiger partial charge in [-0.3, -0.25) is 4.79 Å². The number of hydrogen-bond acceptors (Lipinski definition) is 6. The molecule has 1 amide bonds. The third kappa shape index (κ3) is 3.93. The van der Waals surface area contributed by atoms with Gasteiger partial charge in [-0.15, -0.1) is 11.3 Å². The zero-order chi connectivity index (χ0) is 21.3. The molecular weight excluding hydrogens is 400 g/mol. The summed E-state index contributed by atoms with van der Waals surface area (Å²) in [7, 11) is 1.49. The minimum atomic E-state index is -0.572. The van der Waals surface area contributed by atoms with Gasteiger partial charge >= 0.3 is 5.97 Å². The number of ether oxygens (including phenoxy) is 2. The Hall–Kier alpha value is -3.19. The summed E-state index contributed by atoms with van der Waals surface area (Å²) in [6.07, 6.45) is 0.762. The largest absolute Gasteiger partial charge is 0.496 e. The van der Waals surface area contributed by atoms with E-state index in [4.69, 9.17) is 9.47 Å². The quantitative estimate of drug-likeness (QED) is 0.577. The number of thiazole rings is 1. The molecule has 0 N–H and O–H groups in total. The van der Waals surface area contributed by atoms with E-state index in [2.05, 4.69) is 11.1 Å². The Labute approximate surface area is 179 Å². The fraction of sp³-hybridized carbons (Fsp3) is 0.261. The van der Waals surface area contributed by atoms with Crippen molar-refractivity contribution in [1.29, 1.82) is 0 Å². The van der Waals surface area contributed by atoms with Crippen LogP contribution in [0.15, 0.2) is 41.8 Å². The van der Waals surface area contributed by atoms with Crippen molar-refractivity contribution in [2.24, 2.45) is 0 Å². The molecule has 0 saturated heterocycles. The highest BCUT2D eigenvalue weighted by Crippen LogP contribution is 2.33. The molecule has 30 heavy (non-hydrogen) atoms. The van der Waals surface area contributed by atoms with Crippen LogP contribution in [0.3, 0.4) is 0 Å². The fourth-order valence-electron chi connectivity index (χ4n) is 3.58. The van der Waals surface area contributed by atoms with Crippen LogP contribution in [-0.4, -0.2) is 37.1 Å². The maximum Gasteiger partial charge on any atom is 0.342 e. The van der Waals surface area contributed by atoms with Crippen LogP contribution in [0, 0.1) is 13.8 Å². The lowest BCUT2D eigenvalue weighted by molar-refractivity contribution is -0.121. The molecule has 0 radical (unpaired) electrons. The average molecular weight is 423 g/mol. The molecule has 1 aromatic heterocycles. The third-order valence-electron chi connectivity index (χ3n) is 5.09. The maximum absolute atomic E-state index is 12.7. The molecule has 6 nitrogen and oxygen atoms in total. The molecule has 154 valence electrons. The second-order valence-electron chi connectivity index (χ2n) is 7.17. The molecule has 0 bridgehead atoms. The lowest BCUT2D eigenvalue weighted by Crippen LogP contribution is -2.33. The number of aromatic nitrogens is 1. The first-order chi connectivity index (χ1) is 14.5. The van der Waals surface area contributed by atoms with E-state index < -0.39 is 5.97 Å². The molecule has 0 aliphatic carbocycles. The molecule has 0 saturated carbocycles. The summed E-state index contributed by atoms with van der Waals surface area (Å²) >= 11 is 1.62. The van der Waals surface area contributed by atoms with E-state index in [1.54, 1.807) is 28.4 Å². The van der Waals surface area contributed by atoms with Crippen molar-refractivity contribution in [1.82, 2.24) is 4.98 Å². The highest BCUT2D eigenvalue weighted by molar-refractivity contribution is 7.09. The fourth-order valence-corrected chi connectivity index (χ4v) is 4.20. The number of benzene rings is 2. The molecule has 3 aromatic rings. The molecule has 4 rings (SSSR count). The van der Waals surface area contributed by atoms with Gasteiger partial charge in [0.1, 0.15) is 11.3 Å².